The lowest BCUT2D eigenvalue weighted by Gasteiger charge is -2.30. The van der Waals surface area contributed by atoms with Gasteiger partial charge in [-0.2, -0.15) is 0 Å². The van der Waals surface area contributed by atoms with Crippen LogP contribution in [0.2, 0.25) is 0 Å². The largest absolute Gasteiger partial charge is 0.481 e. The number of hydrogen-bond acceptors (Lipinski definition) is 2. The first kappa shape index (κ1) is 15.9. The zero-order valence-corrected chi connectivity index (χ0v) is 12.2. The van der Waals surface area contributed by atoms with E-state index in [1.54, 1.807) is 6.92 Å². The molecule has 0 saturated heterocycles. The third kappa shape index (κ3) is 3.59. The summed E-state index contributed by atoms with van der Waals surface area (Å²) in [5.41, 5.74) is 6.36. The molecule has 21 heavy (non-hydrogen) atoms. The summed E-state index contributed by atoms with van der Waals surface area (Å²) in [6, 6.07) is 1.67. The van der Waals surface area contributed by atoms with Crippen molar-refractivity contribution in [2.24, 2.45) is 11.1 Å². The highest BCUT2D eigenvalue weighted by molar-refractivity contribution is 5.67. The van der Waals surface area contributed by atoms with Gasteiger partial charge in [-0.3, -0.25) is 4.79 Å². The monoisotopic (exact) mass is 297 g/mol. The van der Waals surface area contributed by atoms with Gasteiger partial charge in [0.2, 0.25) is 0 Å². The van der Waals surface area contributed by atoms with Crippen molar-refractivity contribution in [2.45, 2.75) is 51.5 Å². The van der Waals surface area contributed by atoms with E-state index in [0.29, 0.717) is 12.0 Å². The molecular weight excluding hydrogens is 276 g/mol. The van der Waals surface area contributed by atoms with E-state index in [4.69, 9.17) is 10.8 Å². The molecule has 1 saturated carbocycles. The molecule has 1 fully saturated rings. The molecular formula is C16H21F2NO2. The van der Waals surface area contributed by atoms with Crippen LogP contribution in [-0.4, -0.2) is 11.1 Å². The predicted octanol–water partition coefficient (Wildman–Crippen LogP) is 3.70. The third-order valence-corrected chi connectivity index (χ3v) is 4.52. The number of benzene rings is 1. The normalized spacial score (nSPS) is 18.7. The van der Waals surface area contributed by atoms with E-state index < -0.39 is 23.6 Å². The summed E-state index contributed by atoms with van der Waals surface area (Å²) in [4.78, 5) is 11.1. The minimum Gasteiger partial charge on any atom is -0.481 e. The first-order valence-corrected chi connectivity index (χ1v) is 7.26. The zero-order valence-electron chi connectivity index (χ0n) is 12.2. The number of aryl methyl sites for hydroxylation is 1. The Bertz CT molecular complexity index is 539. The smallest absolute Gasteiger partial charge is 0.303 e. The Morgan fingerprint density at radius 3 is 2.52 bits per heavy atom. The van der Waals surface area contributed by atoms with Crippen molar-refractivity contribution >= 4 is 5.97 Å². The molecule has 0 aliphatic heterocycles. The third-order valence-electron chi connectivity index (χ3n) is 4.52. The molecule has 0 radical (unpaired) electrons. The van der Waals surface area contributed by atoms with Gasteiger partial charge < -0.3 is 10.8 Å². The lowest BCUT2D eigenvalue weighted by Crippen LogP contribution is -2.27. The molecule has 1 unspecified atom stereocenters. The fourth-order valence-corrected chi connectivity index (χ4v) is 3.44. The maximum atomic E-state index is 13.9. The van der Waals surface area contributed by atoms with Crippen molar-refractivity contribution in [1.82, 2.24) is 0 Å². The summed E-state index contributed by atoms with van der Waals surface area (Å²) in [7, 11) is 0. The number of carbonyl (C=O) groups is 1. The highest BCUT2D eigenvalue weighted by Gasteiger charge is 2.38. The van der Waals surface area contributed by atoms with Gasteiger partial charge in [0.25, 0.3) is 0 Å². The van der Waals surface area contributed by atoms with Gasteiger partial charge in [0.05, 0.1) is 6.42 Å². The maximum Gasteiger partial charge on any atom is 0.303 e. The number of aliphatic carboxylic acids is 1. The van der Waals surface area contributed by atoms with Crippen LogP contribution in [0.15, 0.2) is 12.1 Å². The number of rotatable bonds is 5. The van der Waals surface area contributed by atoms with Gasteiger partial charge in [0.15, 0.2) is 0 Å². The molecule has 1 aromatic rings. The van der Waals surface area contributed by atoms with Gasteiger partial charge in [-0.25, -0.2) is 8.78 Å². The molecule has 3 N–H and O–H groups in total. The Labute approximate surface area is 123 Å². The van der Waals surface area contributed by atoms with E-state index in [-0.39, 0.29) is 17.4 Å². The molecule has 0 amide bonds. The maximum absolute atomic E-state index is 13.9. The summed E-state index contributed by atoms with van der Waals surface area (Å²) >= 11 is 0. The predicted molar refractivity (Wildman–Crippen MR) is 75.8 cm³/mol. The zero-order chi connectivity index (χ0) is 15.6. The Morgan fingerprint density at radius 1 is 1.33 bits per heavy atom. The molecule has 0 bridgehead atoms. The SMILES string of the molecule is Cc1cc(C(N)CC2(CC(=O)O)CCCC2)c(F)cc1F. The Kier molecular flexibility index (Phi) is 4.61. The molecule has 0 aromatic heterocycles. The number of carboxylic acids is 1. The van der Waals surface area contributed by atoms with Gasteiger partial charge in [-0.1, -0.05) is 12.8 Å². The van der Waals surface area contributed by atoms with Gasteiger partial charge >= 0.3 is 5.97 Å². The molecule has 0 spiro atoms. The first-order chi connectivity index (χ1) is 9.83. The quantitative estimate of drug-likeness (QED) is 0.871. The Morgan fingerprint density at radius 2 is 1.95 bits per heavy atom. The van der Waals surface area contributed by atoms with Crippen molar-refractivity contribution in [3.8, 4) is 0 Å². The molecule has 2 rings (SSSR count). The fourth-order valence-electron chi connectivity index (χ4n) is 3.44. The molecule has 1 aliphatic rings. The van der Waals surface area contributed by atoms with Crippen LogP contribution in [0.1, 0.15) is 55.7 Å². The molecule has 1 atom stereocenters. The van der Waals surface area contributed by atoms with E-state index in [9.17, 15) is 13.6 Å². The average Bonchev–Trinajstić information content (AvgIpc) is 2.80. The van der Waals surface area contributed by atoms with Crippen molar-refractivity contribution in [2.75, 3.05) is 0 Å². The molecule has 116 valence electrons. The van der Waals surface area contributed by atoms with Gasteiger partial charge in [0, 0.05) is 17.7 Å². The standard InChI is InChI=1S/C16H21F2NO2/c1-10-6-11(13(18)7-12(10)17)14(19)8-16(9-15(20)21)4-2-3-5-16/h6-7,14H,2-5,8-9,19H2,1H3,(H,20,21). The lowest BCUT2D eigenvalue weighted by atomic mass is 9.76. The highest BCUT2D eigenvalue weighted by atomic mass is 19.1. The number of halogens is 2. The van der Waals surface area contributed by atoms with Crippen LogP contribution >= 0.6 is 0 Å². The molecule has 5 heteroatoms. The average molecular weight is 297 g/mol. The first-order valence-electron chi connectivity index (χ1n) is 7.26. The van der Waals surface area contributed by atoms with Crippen molar-refractivity contribution in [3.63, 3.8) is 0 Å². The molecule has 1 aliphatic carbocycles. The van der Waals surface area contributed by atoms with E-state index in [1.807, 2.05) is 0 Å². The van der Waals surface area contributed by atoms with Crippen molar-refractivity contribution in [3.05, 3.63) is 34.9 Å². The van der Waals surface area contributed by atoms with Crippen molar-refractivity contribution < 1.29 is 18.7 Å². The second kappa shape index (κ2) is 6.10. The highest BCUT2D eigenvalue weighted by Crippen LogP contribution is 2.47. The van der Waals surface area contributed by atoms with Gasteiger partial charge in [-0.15, -0.1) is 0 Å². The van der Waals surface area contributed by atoms with Crippen LogP contribution in [-0.2, 0) is 4.79 Å². The summed E-state index contributed by atoms with van der Waals surface area (Å²) in [5.74, 6) is -2.10. The number of nitrogens with two attached hydrogens (primary N) is 1. The van der Waals surface area contributed by atoms with Gasteiger partial charge in [-0.05, 0) is 43.2 Å². The summed E-state index contributed by atoms with van der Waals surface area (Å²) in [6.07, 6.45) is 4.03. The number of carboxylic acid groups (broad SMARTS) is 1. The minimum atomic E-state index is -0.847. The van der Waals surface area contributed by atoms with Crippen LogP contribution in [0.4, 0.5) is 8.78 Å². The second-order valence-corrected chi connectivity index (χ2v) is 6.21. The fraction of sp³-hybridized carbons (Fsp3) is 0.562. The van der Waals surface area contributed by atoms with Crippen LogP contribution in [0.5, 0.6) is 0 Å². The van der Waals surface area contributed by atoms with Crippen LogP contribution in [0, 0.1) is 24.0 Å². The van der Waals surface area contributed by atoms with Crippen LogP contribution in [0.25, 0.3) is 0 Å². The summed E-state index contributed by atoms with van der Waals surface area (Å²) in [6.45, 7) is 1.56. The molecule has 1 aromatic carbocycles. The van der Waals surface area contributed by atoms with E-state index in [2.05, 4.69) is 0 Å². The van der Waals surface area contributed by atoms with Crippen molar-refractivity contribution in [1.29, 1.82) is 0 Å². The van der Waals surface area contributed by atoms with E-state index in [1.165, 1.54) is 6.07 Å². The second-order valence-electron chi connectivity index (χ2n) is 6.21. The number of hydrogen-bond donors (Lipinski definition) is 2. The summed E-state index contributed by atoms with van der Waals surface area (Å²) < 4.78 is 27.2. The van der Waals surface area contributed by atoms with Crippen LogP contribution < -0.4 is 5.73 Å². The summed E-state index contributed by atoms with van der Waals surface area (Å²) in [5, 5.41) is 9.09. The van der Waals surface area contributed by atoms with Crippen LogP contribution in [0.3, 0.4) is 0 Å². The van der Waals surface area contributed by atoms with E-state index in [0.717, 1.165) is 31.7 Å². The Balaban J connectivity index is 2.21. The van der Waals surface area contributed by atoms with Gasteiger partial charge in [0.1, 0.15) is 11.6 Å². The minimum absolute atomic E-state index is 0.0580. The molecule has 0 heterocycles. The Hall–Kier alpha value is -1.49. The lowest BCUT2D eigenvalue weighted by molar-refractivity contribution is -0.139. The van der Waals surface area contributed by atoms with E-state index >= 15 is 0 Å². The molecule has 3 nitrogen and oxygen atoms in total. The topological polar surface area (TPSA) is 63.3 Å².